The minimum Gasteiger partial charge on any atom is -0.320 e. The van der Waals surface area contributed by atoms with E-state index in [-0.39, 0.29) is 11.3 Å². The van der Waals surface area contributed by atoms with Gasteiger partial charge >= 0.3 is 6.18 Å². The van der Waals surface area contributed by atoms with Crippen molar-refractivity contribution in [3.05, 3.63) is 21.9 Å². The van der Waals surface area contributed by atoms with Crippen molar-refractivity contribution in [2.45, 2.75) is 31.5 Å². The highest BCUT2D eigenvalue weighted by molar-refractivity contribution is 7.12. The first-order chi connectivity index (χ1) is 7.13. The normalized spacial score (nSPS) is 16.5. The number of alkyl halides is 5. The number of nitrogens with two attached hydrogens (primary N) is 1. The van der Waals surface area contributed by atoms with Crippen LogP contribution in [0.1, 0.15) is 16.7 Å². The van der Waals surface area contributed by atoms with Gasteiger partial charge < -0.3 is 5.73 Å². The highest BCUT2D eigenvalue weighted by atomic mass is 32.1. The average Bonchev–Trinajstić information content (AvgIpc) is 2.50. The molecule has 1 atom stereocenters. The lowest BCUT2D eigenvalue weighted by molar-refractivity contribution is -0.134. The largest absolute Gasteiger partial charge is 0.425 e. The van der Waals surface area contributed by atoms with Crippen LogP contribution in [0, 0.1) is 0 Å². The highest BCUT2D eigenvalue weighted by Gasteiger charge is 2.35. The first-order valence-electron chi connectivity index (χ1n) is 4.36. The zero-order valence-corrected chi connectivity index (χ0v) is 9.13. The Morgan fingerprint density at radius 2 is 1.88 bits per heavy atom. The van der Waals surface area contributed by atoms with Gasteiger partial charge in [0, 0.05) is 11.3 Å². The van der Waals surface area contributed by atoms with Gasteiger partial charge in [-0.2, -0.15) is 13.2 Å². The summed E-state index contributed by atoms with van der Waals surface area (Å²) in [5.41, 5.74) is 3.49. The van der Waals surface area contributed by atoms with E-state index in [9.17, 15) is 22.0 Å². The van der Waals surface area contributed by atoms with Gasteiger partial charge in [-0.25, -0.2) is 8.78 Å². The van der Waals surface area contributed by atoms with E-state index in [1.165, 1.54) is 6.07 Å². The maximum atomic E-state index is 12.4. The third-order valence-corrected chi connectivity index (χ3v) is 3.12. The van der Waals surface area contributed by atoms with Gasteiger partial charge in [0.1, 0.15) is 4.88 Å². The quantitative estimate of drug-likeness (QED) is 0.828. The molecule has 0 spiro atoms. The summed E-state index contributed by atoms with van der Waals surface area (Å²) in [7, 11) is 0. The van der Waals surface area contributed by atoms with Crippen LogP contribution < -0.4 is 5.73 Å². The van der Waals surface area contributed by atoms with Crippen molar-refractivity contribution < 1.29 is 22.0 Å². The summed E-state index contributed by atoms with van der Waals surface area (Å²) in [5, 5.41) is 0. The molecule has 1 aromatic heterocycles. The summed E-state index contributed by atoms with van der Waals surface area (Å²) in [4.78, 5) is -0.592. The van der Waals surface area contributed by atoms with Crippen LogP contribution in [0.25, 0.3) is 0 Å². The SMILES string of the molecule is CC(N)(Cc1ccc(C(F)(F)F)s1)C(F)F. The summed E-state index contributed by atoms with van der Waals surface area (Å²) in [6.07, 6.45) is -7.48. The van der Waals surface area contributed by atoms with Gasteiger partial charge in [-0.15, -0.1) is 11.3 Å². The number of thiophene rings is 1. The molecule has 1 aromatic rings. The summed E-state index contributed by atoms with van der Waals surface area (Å²) in [6, 6.07) is 2.06. The predicted molar refractivity (Wildman–Crippen MR) is 51.6 cm³/mol. The van der Waals surface area contributed by atoms with Gasteiger partial charge in [0.2, 0.25) is 0 Å². The first kappa shape index (κ1) is 13.4. The zero-order valence-electron chi connectivity index (χ0n) is 8.31. The van der Waals surface area contributed by atoms with Crippen molar-refractivity contribution in [2.24, 2.45) is 5.73 Å². The van der Waals surface area contributed by atoms with E-state index in [1.807, 2.05) is 0 Å². The Balaban J connectivity index is 2.81. The fraction of sp³-hybridized carbons (Fsp3) is 0.556. The molecule has 1 heterocycles. The summed E-state index contributed by atoms with van der Waals surface area (Å²) in [5.74, 6) is 0. The van der Waals surface area contributed by atoms with Crippen molar-refractivity contribution in [3.8, 4) is 0 Å². The van der Waals surface area contributed by atoms with Crippen LogP contribution in [0.2, 0.25) is 0 Å². The summed E-state index contributed by atoms with van der Waals surface area (Å²) < 4.78 is 61.5. The molecule has 0 amide bonds. The number of halogens is 5. The molecule has 0 aliphatic heterocycles. The Kier molecular flexibility index (Phi) is 3.59. The molecule has 1 unspecified atom stereocenters. The molecular formula is C9H10F5NS. The van der Waals surface area contributed by atoms with Crippen molar-refractivity contribution in [1.29, 1.82) is 0 Å². The Morgan fingerprint density at radius 3 is 2.25 bits per heavy atom. The summed E-state index contributed by atoms with van der Waals surface area (Å²) >= 11 is 0.446. The topological polar surface area (TPSA) is 26.0 Å². The second kappa shape index (κ2) is 4.29. The fourth-order valence-corrected chi connectivity index (χ4v) is 2.13. The monoisotopic (exact) mass is 259 g/mol. The molecule has 0 aliphatic carbocycles. The van der Waals surface area contributed by atoms with Crippen molar-refractivity contribution in [2.75, 3.05) is 0 Å². The van der Waals surface area contributed by atoms with Crippen LogP contribution in [0.5, 0.6) is 0 Å². The van der Waals surface area contributed by atoms with E-state index in [1.54, 1.807) is 0 Å². The van der Waals surface area contributed by atoms with Crippen LogP contribution in [-0.2, 0) is 12.6 Å². The second-order valence-electron chi connectivity index (χ2n) is 3.75. The van der Waals surface area contributed by atoms with E-state index in [0.29, 0.717) is 11.3 Å². The fourth-order valence-electron chi connectivity index (χ4n) is 1.08. The average molecular weight is 259 g/mol. The van der Waals surface area contributed by atoms with E-state index >= 15 is 0 Å². The van der Waals surface area contributed by atoms with Crippen LogP contribution in [0.3, 0.4) is 0 Å². The molecule has 1 rings (SSSR count). The lowest BCUT2D eigenvalue weighted by Crippen LogP contribution is -2.45. The Labute approximate surface area is 93.1 Å². The summed E-state index contributed by atoms with van der Waals surface area (Å²) in [6.45, 7) is 1.12. The zero-order chi connectivity index (χ0) is 12.6. The van der Waals surface area contributed by atoms with Gasteiger partial charge in [-0.05, 0) is 19.1 Å². The minimum atomic E-state index is -4.43. The molecule has 0 bridgehead atoms. The molecule has 0 saturated carbocycles. The van der Waals surface area contributed by atoms with Gasteiger partial charge in [-0.3, -0.25) is 0 Å². The second-order valence-corrected chi connectivity index (χ2v) is 4.92. The standard InChI is InChI=1S/C9H10F5NS/c1-8(15,7(10)11)4-5-2-3-6(16-5)9(12,13)14/h2-3,7H,4,15H2,1H3. The van der Waals surface area contributed by atoms with Crippen molar-refractivity contribution >= 4 is 11.3 Å². The van der Waals surface area contributed by atoms with E-state index < -0.39 is 23.0 Å². The molecule has 16 heavy (non-hydrogen) atoms. The highest BCUT2D eigenvalue weighted by Crippen LogP contribution is 2.35. The van der Waals surface area contributed by atoms with Gasteiger partial charge in [0.25, 0.3) is 6.43 Å². The Morgan fingerprint density at radius 1 is 1.31 bits per heavy atom. The molecule has 2 N–H and O–H groups in total. The van der Waals surface area contributed by atoms with Gasteiger partial charge in [-0.1, -0.05) is 0 Å². The third-order valence-electron chi connectivity index (χ3n) is 1.99. The molecule has 92 valence electrons. The minimum absolute atomic E-state index is 0.206. The Bertz CT molecular complexity index is 355. The number of hydrogen-bond acceptors (Lipinski definition) is 2. The van der Waals surface area contributed by atoms with Crippen molar-refractivity contribution in [1.82, 2.24) is 0 Å². The molecule has 0 aromatic carbocycles. The van der Waals surface area contributed by atoms with Crippen LogP contribution in [-0.4, -0.2) is 12.0 Å². The predicted octanol–water partition coefficient (Wildman–Crippen LogP) is 3.29. The maximum Gasteiger partial charge on any atom is 0.425 e. The van der Waals surface area contributed by atoms with Crippen LogP contribution in [0.4, 0.5) is 22.0 Å². The van der Waals surface area contributed by atoms with Crippen LogP contribution >= 0.6 is 11.3 Å². The van der Waals surface area contributed by atoms with Crippen molar-refractivity contribution in [3.63, 3.8) is 0 Å². The van der Waals surface area contributed by atoms with E-state index in [2.05, 4.69) is 0 Å². The molecule has 0 aliphatic rings. The first-order valence-corrected chi connectivity index (χ1v) is 5.17. The molecule has 0 saturated heterocycles. The molecule has 1 nitrogen and oxygen atoms in total. The lowest BCUT2D eigenvalue weighted by Gasteiger charge is -2.22. The molecule has 0 fully saturated rings. The third kappa shape index (κ3) is 3.15. The Hall–Kier alpha value is -0.690. The van der Waals surface area contributed by atoms with Gasteiger partial charge in [0.15, 0.2) is 0 Å². The molecule has 7 heteroatoms. The number of rotatable bonds is 3. The number of hydrogen-bond donors (Lipinski definition) is 1. The smallest absolute Gasteiger partial charge is 0.320 e. The van der Waals surface area contributed by atoms with E-state index in [0.717, 1.165) is 13.0 Å². The van der Waals surface area contributed by atoms with Crippen LogP contribution in [0.15, 0.2) is 12.1 Å². The van der Waals surface area contributed by atoms with E-state index in [4.69, 9.17) is 5.73 Å². The molecular weight excluding hydrogens is 249 g/mol. The molecule has 0 radical (unpaired) electrons. The maximum absolute atomic E-state index is 12.4. The van der Waals surface area contributed by atoms with Gasteiger partial charge in [0.05, 0.1) is 5.54 Å². The lowest BCUT2D eigenvalue weighted by atomic mass is 9.99.